The van der Waals surface area contributed by atoms with Gasteiger partial charge in [-0.1, -0.05) is 13.8 Å². The molecule has 0 saturated carbocycles. The number of nitrogens with zero attached hydrogens (tertiary/aromatic N) is 2. The summed E-state index contributed by atoms with van der Waals surface area (Å²) in [6, 6.07) is 2.72. The molecule has 1 aliphatic rings. The predicted octanol–water partition coefficient (Wildman–Crippen LogP) is 2.87. The van der Waals surface area contributed by atoms with Crippen molar-refractivity contribution in [3.05, 3.63) is 24.0 Å². The molecule has 0 radical (unpaired) electrons. The van der Waals surface area contributed by atoms with Crippen LogP contribution in [-0.4, -0.2) is 65.1 Å². The molecule has 1 heterocycles. The molecule has 2 N–H and O–H groups in total. The third kappa shape index (κ3) is 6.46. The van der Waals surface area contributed by atoms with E-state index in [1.807, 2.05) is 13.8 Å². The van der Waals surface area contributed by atoms with Gasteiger partial charge in [-0.3, -0.25) is 4.79 Å². The van der Waals surface area contributed by atoms with Crippen molar-refractivity contribution in [2.45, 2.75) is 45.7 Å². The fourth-order valence-electron chi connectivity index (χ4n) is 3.67. The number of aliphatic carboxylic acids is 1. The number of ether oxygens (including phenoxy) is 1. The standard InChI is InChI=1S/C20H26F4N2O5/c1-11(2)8-14(17(27)19(29)30)18(28)26-7-6-25(10-12(26)3)13-4-5-16(15(21)9-13)31-20(22,23)24/h4-5,9,11-12,14,17,27H,6-8,10H2,1-3H3,(H,29,30)/t12-,14+,17+/m1/s1. The van der Waals surface area contributed by atoms with Gasteiger partial charge in [-0.25, -0.2) is 9.18 Å². The third-order valence-electron chi connectivity index (χ3n) is 5.09. The van der Waals surface area contributed by atoms with Gasteiger partial charge in [0.05, 0.1) is 5.92 Å². The van der Waals surface area contributed by atoms with Crippen molar-refractivity contribution >= 4 is 17.6 Å². The lowest BCUT2D eigenvalue weighted by Crippen LogP contribution is -2.57. The van der Waals surface area contributed by atoms with E-state index in [1.165, 1.54) is 11.0 Å². The molecule has 0 unspecified atom stereocenters. The minimum atomic E-state index is -5.00. The molecule has 1 saturated heterocycles. The van der Waals surface area contributed by atoms with Gasteiger partial charge in [-0.05, 0) is 31.4 Å². The van der Waals surface area contributed by atoms with Crippen LogP contribution in [0.5, 0.6) is 5.75 Å². The van der Waals surface area contributed by atoms with Gasteiger partial charge >= 0.3 is 12.3 Å². The second kappa shape index (κ2) is 9.71. The Morgan fingerprint density at radius 2 is 1.90 bits per heavy atom. The molecule has 1 aromatic rings. The molecule has 1 fully saturated rings. The lowest BCUT2D eigenvalue weighted by atomic mass is 9.90. The monoisotopic (exact) mass is 450 g/mol. The number of halogens is 4. The number of carbonyl (C=O) groups is 2. The van der Waals surface area contributed by atoms with Gasteiger partial charge < -0.3 is 24.7 Å². The summed E-state index contributed by atoms with van der Waals surface area (Å²) in [5.41, 5.74) is 0.329. The van der Waals surface area contributed by atoms with E-state index >= 15 is 0 Å². The number of rotatable bonds is 7. The summed E-state index contributed by atoms with van der Waals surface area (Å²) in [6.07, 6.45) is -6.63. The van der Waals surface area contributed by atoms with Crippen LogP contribution in [0.25, 0.3) is 0 Å². The maximum Gasteiger partial charge on any atom is 0.573 e. The first kappa shape index (κ1) is 24.7. The van der Waals surface area contributed by atoms with Crippen LogP contribution in [0.4, 0.5) is 23.2 Å². The molecule has 31 heavy (non-hydrogen) atoms. The molecular weight excluding hydrogens is 424 g/mol. The van der Waals surface area contributed by atoms with Crippen molar-refractivity contribution in [2.24, 2.45) is 11.8 Å². The zero-order valence-electron chi connectivity index (χ0n) is 17.4. The van der Waals surface area contributed by atoms with E-state index in [0.29, 0.717) is 5.69 Å². The number of carbonyl (C=O) groups excluding carboxylic acids is 1. The highest BCUT2D eigenvalue weighted by Crippen LogP contribution is 2.30. The summed E-state index contributed by atoms with van der Waals surface area (Å²) >= 11 is 0. The molecule has 0 bridgehead atoms. The van der Waals surface area contributed by atoms with Crippen LogP contribution in [0.1, 0.15) is 27.2 Å². The van der Waals surface area contributed by atoms with Gasteiger partial charge in [0, 0.05) is 37.4 Å². The fourth-order valence-corrected chi connectivity index (χ4v) is 3.67. The van der Waals surface area contributed by atoms with Gasteiger partial charge in [-0.2, -0.15) is 0 Å². The van der Waals surface area contributed by atoms with Gasteiger partial charge in [0.1, 0.15) is 0 Å². The van der Waals surface area contributed by atoms with Crippen molar-refractivity contribution in [1.29, 1.82) is 0 Å². The van der Waals surface area contributed by atoms with Crippen LogP contribution >= 0.6 is 0 Å². The summed E-state index contributed by atoms with van der Waals surface area (Å²) in [6.45, 7) is 6.05. The lowest BCUT2D eigenvalue weighted by Gasteiger charge is -2.42. The second-order valence-electron chi connectivity index (χ2n) is 8.01. The first-order valence-electron chi connectivity index (χ1n) is 9.81. The van der Waals surface area contributed by atoms with E-state index in [-0.39, 0.29) is 32.0 Å². The fraction of sp³-hybridized carbons (Fsp3) is 0.600. The lowest BCUT2D eigenvalue weighted by molar-refractivity contribution is -0.275. The molecule has 1 amide bonds. The predicted molar refractivity (Wildman–Crippen MR) is 103 cm³/mol. The highest BCUT2D eigenvalue weighted by Gasteiger charge is 2.38. The molecule has 7 nitrogen and oxygen atoms in total. The van der Waals surface area contributed by atoms with Crippen molar-refractivity contribution in [3.8, 4) is 5.75 Å². The Morgan fingerprint density at radius 1 is 1.26 bits per heavy atom. The molecule has 0 spiro atoms. The summed E-state index contributed by atoms with van der Waals surface area (Å²) in [7, 11) is 0. The maximum atomic E-state index is 14.0. The van der Waals surface area contributed by atoms with E-state index in [4.69, 9.17) is 5.11 Å². The highest BCUT2D eigenvalue weighted by atomic mass is 19.4. The Balaban J connectivity index is 2.12. The van der Waals surface area contributed by atoms with Crippen molar-refractivity contribution < 1.29 is 42.1 Å². The van der Waals surface area contributed by atoms with Crippen molar-refractivity contribution in [2.75, 3.05) is 24.5 Å². The number of hydrogen-bond acceptors (Lipinski definition) is 5. The number of aliphatic hydroxyl groups is 1. The highest BCUT2D eigenvalue weighted by molar-refractivity contribution is 5.86. The van der Waals surface area contributed by atoms with E-state index < -0.39 is 47.9 Å². The number of carboxylic acid groups (broad SMARTS) is 1. The minimum Gasteiger partial charge on any atom is -0.479 e. The number of hydrogen-bond donors (Lipinski definition) is 2. The number of piperazine rings is 1. The molecular formula is C20H26F4N2O5. The molecule has 0 aromatic heterocycles. The van der Waals surface area contributed by atoms with Gasteiger partial charge in [0.2, 0.25) is 5.91 Å². The number of benzene rings is 1. The molecule has 2 rings (SSSR count). The quantitative estimate of drug-likeness (QED) is 0.621. The Labute approximate surface area is 177 Å². The van der Waals surface area contributed by atoms with Crippen molar-refractivity contribution in [3.63, 3.8) is 0 Å². The van der Waals surface area contributed by atoms with E-state index in [9.17, 15) is 32.3 Å². The second-order valence-corrected chi connectivity index (χ2v) is 8.01. The Hall–Kier alpha value is -2.56. The van der Waals surface area contributed by atoms with Crippen LogP contribution in [-0.2, 0) is 9.59 Å². The number of amides is 1. The third-order valence-corrected chi connectivity index (χ3v) is 5.09. The van der Waals surface area contributed by atoms with Gasteiger partial charge in [-0.15, -0.1) is 13.2 Å². The first-order chi connectivity index (χ1) is 14.3. The zero-order chi connectivity index (χ0) is 23.5. The number of anilines is 1. The van der Waals surface area contributed by atoms with Gasteiger partial charge in [0.15, 0.2) is 17.7 Å². The summed E-state index contributed by atoms with van der Waals surface area (Å²) in [4.78, 5) is 27.4. The molecule has 1 aromatic carbocycles. The first-order valence-corrected chi connectivity index (χ1v) is 9.81. The Kier molecular flexibility index (Phi) is 7.74. The largest absolute Gasteiger partial charge is 0.573 e. The van der Waals surface area contributed by atoms with Crippen LogP contribution in [0, 0.1) is 17.7 Å². The van der Waals surface area contributed by atoms with Crippen LogP contribution in [0.2, 0.25) is 0 Å². The molecule has 1 aliphatic heterocycles. The number of aliphatic hydroxyl groups excluding tert-OH is 1. The molecule has 174 valence electrons. The smallest absolute Gasteiger partial charge is 0.479 e. The van der Waals surface area contributed by atoms with Crippen LogP contribution in [0.3, 0.4) is 0 Å². The topological polar surface area (TPSA) is 90.3 Å². The summed E-state index contributed by atoms with van der Waals surface area (Å²) in [5, 5.41) is 19.1. The average molecular weight is 450 g/mol. The van der Waals surface area contributed by atoms with Gasteiger partial charge in [0.25, 0.3) is 0 Å². The van der Waals surface area contributed by atoms with E-state index in [2.05, 4.69) is 4.74 Å². The van der Waals surface area contributed by atoms with E-state index in [0.717, 1.165) is 12.1 Å². The zero-order valence-corrected chi connectivity index (χ0v) is 17.4. The summed E-state index contributed by atoms with van der Waals surface area (Å²) < 4.78 is 54.6. The van der Waals surface area contributed by atoms with Crippen LogP contribution in [0.15, 0.2) is 18.2 Å². The summed E-state index contributed by atoms with van der Waals surface area (Å²) in [5.74, 6) is -5.15. The molecule has 0 aliphatic carbocycles. The number of alkyl halides is 3. The molecule has 11 heteroatoms. The van der Waals surface area contributed by atoms with E-state index in [1.54, 1.807) is 11.8 Å². The average Bonchev–Trinajstić information content (AvgIpc) is 2.65. The number of carboxylic acids is 1. The minimum absolute atomic E-state index is 0.0139. The Morgan fingerprint density at radius 3 is 2.39 bits per heavy atom. The van der Waals surface area contributed by atoms with Crippen molar-refractivity contribution in [1.82, 2.24) is 4.90 Å². The maximum absolute atomic E-state index is 14.0. The SMILES string of the molecule is CC(C)C[C@H](C(=O)N1CCN(c2ccc(OC(F)(F)F)c(F)c2)C[C@H]1C)[C@H](O)C(=O)O. The molecule has 3 atom stereocenters. The van der Waals surface area contributed by atoms with Crippen LogP contribution < -0.4 is 9.64 Å². The normalized spacial score (nSPS) is 19.3. The Bertz CT molecular complexity index is 802.